The van der Waals surface area contributed by atoms with Crippen LogP contribution in [0.15, 0.2) is 0 Å². The van der Waals surface area contributed by atoms with Crippen LogP contribution in [-0.4, -0.2) is 71.5 Å². The second-order valence-electron chi connectivity index (χ2n) is 6.45. The molecule has 0 amide bonds. The third-order valence-electron chi connectivity index (χ3n) is 3.99. The summed E-state index contributed by atoms with van der Waals surface area (Å²) in [6, 6.07) is 0. The molecule has 0 unspecified atom stereocenters. The minimum Gasteiger partial charge on any atom is -0.743 e. The predicted octanol–water partition coefficient (Wildman–Crippen LogP) is 2.87. The SMILES string of the molecule is CC(F)(F)C(F)(F)C(F)(F)C(F)(F)C(F)(F)C(F)(F)C(F)(F)C(F)(F)C(F)(F)C(F)(F)S(=O)(=O)[O-].[K+]. The van der Waals surface area contributed by atoms with Crippen molar-refractivity contribution < 1.29 is 152 Å². The molecule has 0 saturated carbocycles. The Morgan fingerprint density at radius 1 is 0.417 bits per heavy atom. The molecule has 36 heavy (non-hydrogen) atoms. The number of hydrogen-bond acceptors (Lipinski definition) is 3. The second kappa shape index (κ2) is 9.37. The molecule has 0 N–H and O–H groups in total. The van der Waals surface area contributed by atoms with Crippen LogP contribution in [0.2, 0.25) is 0 Å². The van der Waals surface area contributed by atoms with E-state index in [4.69, 9.17) is 0 Å². The molecule has 0 atom stereocenters. The molecule has 0 aromatic rings. The smallest absolute Gasteiger partial charge is 0.743 e. The van der Waals surface area contributed by atoms with E-state index in [-0.39, 0.29) is 51.4 Å². The Labute approximate surface area is 226 Å². The van der Waals surface area contributed by atoms with Gasteiger partial charge in [0.15, 0.2) is 10.1 Å². The van der Waals surface area contributed by atoms with Gasteiger partial charge < -0.3 is 4.55 Å². The Bertz CT molecular complexity index is 920. The number of halogens is 20. The first-order valence-corrected chi connectivity index (χ1v) is 8.64. The van der Waals surface area contributed by atoms with E-state index in [1.807, 2.05) is 0 Å². The minimum atomic E-state index is -9.28. The van der Waals surface area contributed by atoms with Crippen LogP contribution in [-0.2, 0) is 10.1 Å². The summed E-state index contributed by atoms with van der Waals surface area (Å²) in [4.78, 5) is 0. The van der Waals surface area contributed by atoms with Crippen molar-refractivity contribution in [2.24, 2.45) is 0 Å². The Balaban J connectivity index is 0. The summed E-state index contributed by atoms with van der Waals surface area (Å²) in [5.41, 5.74) is 0. The van der Waals surface area contributed by atoms with Crippen molar-refractivity contribution in [2.75, 3.05) is 0 Å². The Hall–Kier alpha value is 0.146. The molecular weight excluding hydrogens is 631 g/mol. The van der Waals surface area contributed by atoms with Crippen molar-refractivity contribution in [3.8, 4) is 0 Å². The quantitative estimate of drug-likeness (QED) is 0.211. The van der Waals surface area contributed by atoms with Gasteiger partial charge in [0.2, 0.25) is 0 Å². The Morgan fingerprint density at radius 2 is 0.583 bits per heavy atom. The molecule has 0 aliphatic heterocycles. The van der Waals surface area contributed by atoms with Crippen LogP contribution in [0.1, 0.15) is 6.92 Å². The molecule has 0 aromatic heterocycles. The molecule has 0 spiro atoms. The molecule has 3 nitrogen and oxygen atoms in total. The van der Waals surface area contributed by atoms with E-state index in [1.54, 1.807) is 0 Å². The van der Waals surface area contributed by atoms with Gasteiger partial charge in [-0.05, 0) is 0 Å². The predicted molar refractivity (Wildman–Crippen MR) is 64.8 cm³/mol. The Morgan fingerprint density at radius 3 is 0.750 bits per heavy atom. The van der Waals surface area contributed by atoms with Gasteiger partial charge in [-0.25, -0.2) is 8.42 Å². The van der Waals surface area contributed by atoms with Crippen LogP contribution in [0.5, 0.6) is 0 Å². The first-order chi connectivity index (χ1) is 14.5. The maximum absolute atomic E-state index is 13.4. The van der Waals surface area contributed by atoms with Crippen LogP contribution >= 0.6 is 0 Å². The molecule has 0 bridgehead atoms. The van der Waals surface area contributed by atoms with Crippen LogP contribution in [0.3, 0.4) is 0 Å². The van der Waals surface area contributed by atoms with Gasteiger partial charge in [-0.2, -0.15) is 87.8 Å². The average molecular weight is 634 g/mol. The first kappa shape index (κ1) is 38.3. The average Bonchev–Trinajstić information content (AvgIpc) is 2.58. The van der Waals surface area contributed by atoms with Crippen molar-refractivity contribution in [3.63, 3.8) is 0 Å². The fourth-order valence-corrected chi connectivity index (χ4v) is 2.24. The standard InChI is InChI=1S/C11H4F20O3S.K/c1-2(12,13)3(14,15)4(16,17)5(18,19)6(20,21)7(22,23)8(24,25)9(26,27)10(28,29)11(30,31)35(32,33)34;/h1H3,(H,32,33,34);/q;+1/p-1. The molecule has 0 aliphatic rings. The monoisotopic (exact) mass is 634 g/mol. The largest absolute Gasteiger partial charge is 1.00 e. The van der Waals surface area contributed by atoms with Gasteiger partial charge >= 0.3 is 110 Å². The molecule has 212 valence electrons. The van der Waals surface area contributed by atoms with Crippen molar-refractivity contribution in [1.29, 1.82) is 0 Å². The maximum atomic E-state index is 13.4. The van der Waals surface area contributed by atoms with Crippen LogP contribution in [0.25, 0.3) is 0 Å². The van der Waals surface area contributed by atoms with Crippen molar-refractivity contribution in [3.05, 3.63) is 0 Å². The summed E-state index contributed by atoms with van der Waals surface area (Å²) < 4.78 is 292. The summed E-state index contributed by atoms with van der Waals surface area (Å²) in [7, 11) is -8.30. The first-order valence-electron chi connectivity index (χ1n) is 7.23. The van der Waals surface area contributed by atoms with E-state index in [1.165, 1.54) is 0 Å². The van der Waals surface area contributed by atoms with Crippen molar-refractivity contribution >= 4 is 10.1 Å². The summed E-state index contributed by atoms with van der Waals surface area (Å²) in [5.74, 6) is -77.6. The zero-order valence-electron chi connectivity index (χ0n) is 16.2. The molecular formula is C11H3F20KO3S. The van der Waals surface area contributed by atoms with Gasteiger partial charge in [0, 0.05) is 6.92 Å². The Kier molecular flexibility index (Phi) is 9.96. The molecule has 0 radical (unpaired) electrons. The zero-order valence-corrected chi connectivity index (χ0v) is 20.1. The molecule has 0 fully saturated rings. The third-order valence-corrected chi connectivity index (χ3v) is 4.88. The van der Waals surface area contributed by atoms with Gasteiger partial charge in [0.05, 0.1) is 0 Å². The summed E-state index contributed by atoms with van der Waals surface area (Å²) in [5, 5.41) is -8.12. The van der Waals surface area contributed by atoms with E-state index >= 15 is 0 Å². The summed E-state index contributed by atoms with van der Waals surface area (Å²) >= 11 is 0. The molecule has 0 aromatic carbocycles. The van der Waals surface area contributed by atoms with Crippen LogP contribution in [0, 0.1) is 0 Å². The number of rotatable bonds is 10. The minimum absolute atomic E-state index is 0. The van der Waals surface area contributed by atoms with Gasteiger partial charge in [-0.1, -0.05) is 0 Å². The fourth-order valence-electron chi connectivity index (χ4n) is 1.80. The molecule has 0 rings (SSSR count). The van der Waals surface area contributed by atoms with Crippen molar-refractivity contribution in [2.45, 2.75) is 65.5 Å². The fraction of sp³-hybridized carbons (Fsp3) is 1.00. The summed E-state index contributed by atoms with van der Waals surface area (Å²) in [6.07, 6.45) is 0. The molecule has 0 saturated heterocycles. The zero-order chi connectivity index (χ0) is 29.5. The molecule has 0 heterocycles. The van der Waals surface area contributed by atoms with E-state index in [2.05, 4.69) is 0 Å². The number of hydrogen-bond donors (Lipinski definition) is 0. The molecule has 0 aliphatic carbocycles. The second-order valence-corrected chi connectivity index (χ2v) is 7.88. The molecule has 25 heteroatoms. The van der Waals surface area contributed by atoms with E-state index in [9.17, 15) is 101 Å². The maximum Gasteiger partial charge on any atom is 1.00 e. The normalized spacial score (nSPS) is 16.6. The van der Waals surface area contributed by atoms with Gasteiger partial charge in [0.1, 0.15) is 0 Å². The van der Waals surface area contributed by atoms with Crippen LogP contribution < -0.4 is 51.4 Å². The third kappa shape index (κ3) is 4.62. The topological polar surface area (TPSA) is 57.2 Å². The van der Waals surface area contributed by atoms with Gasteiger partial charge in [-0.3, -0.25) is 0 Å². The van der Waals surface area contributed by atoms with Crippen LogP contribution in [0.4, 0.5) is 87.8 Å². The van der Waals surface area contributed by atoms with Gasteiger partial charge in [0.25, 0.3) is 0 Å². The van der Waals surface area contributed by atoms with E-state index in [0.29, 0.717) is 0 Å². The van der Waals surface area contributed by atoms with Crippen molar-refractivity contribution in [1.82, 2.24) is 0 Å². The summed E-state index contributed by atoms with van der Waals surface area (Å²) in [6.45, 7) is -1.44. The van der Waals surface area contributed by atoms with Gasteiger partial charge in [-0.15, -0.1) is 0 Å². The van der Waals surface area contributed by atoms with E-state index in [0.717, 1.165) is 0 Å². The number of alkyl halides is 20. The van der Waals surface area contributed by atoms with E-state index < -0.39 is 75.6 Å².